The van der Waals surface area contributed by atoms with Crippen LogP contribution in [0, 0.1) is 0 Å². The summed E-state index contributed by atoms with van der Waals surface area (Å²) >= 11 is 0. The zero-order chi connectivity index (χ0) is 7.82. The zero-order valence-corrected chi connectivity index (χ0v) is 6.51. The van der Waals surface area contributed by atoms with Crippen LogP contribution in [0.2, 0.25) is 0 Å². The Kier molecular flexibility index (Phi) is 5.45. The van der Waals surface area contributed by atoms with E-state index in [4.69, 9.17) is 0 Å². The molecule has 0 aromatic rings. The first kappa shape index (κ1) is 8.96. The molecule has 0 spiro atoms. The van der Waals surface area contributed by atoms with Crippen molar-refractivity contribution >= 4 is 0 Å². The summed E-state index contributed by atoms with van der Waals surface area (Å²) < 4.78 is 0. The molecular weight excluding hydrogens is 120 g/mol. The second kappa shape index (κ2) is 6.09. The van der Waals surface area contributed by atoms with Crippen molar-refractivity contribution in [1.82, 2.24) is 0 Å². The maximum Gasteiger partial charge on any atom is -0.0308 e. The lowest BCUT2D eigenvalue weighted by Crippen LogP contribution is -1.69. The van der Waals surface area contributed by atoms with Crippen LogP contribution < -0.4 is 0 Å². The topological polar surface area (TPSA) is 0 Å². The third-order valence-electron chi connectivity index (χ3n) is 1.23. The summed E-state index contributed by atoms with van der Waals surface area (Å²) in [5, 5.41) is 0. The van der Waals surface area contributed by atoms with Crippen LogP contribution in [-0.4, -0.2) is 0 Å². The van der Waals surface area contributed by atoms with Gasteiger partial charge in [-0.15, -0.1) is 0 Å². The van der Waals surface area contributed by atoms with Crippen LogP contribution in [0.3, 0.4) is 0 Å². The average molecular weight is 134 g/mol. The summed E-state index contributed by atoms with van der Waals surface area (Å²) in [5.41, 5.74) is 1.25. The Morgan fingerprint density at radius 3 is 2.40 bits per heavy atom. The van der Waals surface area contributed by atoms with E-state index in [1.54, 1.807) is 6.08 Å². The normalized spacial score (nSPS) is 11.9. The van der Waals surface area contributed by atoms with E-state index in [2.05, 4.69) is 20.1 Å². The highest BCUT2D eigenvalue weighted by Gasteiger charge is 1.80. The standard InChI is InChI=1S/C10H14/c1-4-7-8-9-10(5-2)6-3/h4-5,7-9H,1-2,6H2,3H3/b8-7-,10-9-. The highest BCUT2D eigenvalue weighted by atomic mass is 13.9. The molecule has 0 aliphatic rings. The summed E-state index contributed by atoms with van der Waals surface area (Å²) in [6, 6.07) is 0. The minimum Gasteiger partial charge on any atom is -0.0991 e. The average Bonchev–Trinajstić information content (AvgIpc) is 1.99. The Balaban J connectivity index is 3.97. The molecule has 0 aromatic carbocycles. The third kappa shape index (κ3) is 3.90. The third-order valence-corrected chi connectivity index (χ3v) is 1.23. The van der Waals surface area contributed by atoms with Crippen LogP contribution in [0.1, 0.15) is 13.3 Å². The Morgan fingerprint density at radius 2 is 2.00 bits per heavy atom. The molecule has 0 aliphatic carbocycles. The molecule has 54 valence electrons. The second-order valence-electron chi connectivity index (χ2n) is 1.92. The monoisotopic (exact) mass is 134 g/mol. The lowest BCUT2D eigenvalue weighted by Gasteiger charge is -1.89. The fourth-order valence-corrected chi connectivity index (χ4v) is 0.588. The maximum atomic E-state index is 3.68. The number of rotatable bonds is 4. The largest absolute Gasteiger partial charge is 0.0991 e. The molecule has 0 rings (SSSR count). The van der Waals surface area contributed by atoms with E-state index >= 15 is 0 Å². The smallest absolute Gasteiger partial charge is 0.0308 e. The minimum absolute atomic E-state index is 1.03. The fraction of sp³-hybridized carbons (Fsp3) is 0.200. The molecule has 0 N–H and O–H groups in total. The van der Waals surface area contributed by atoms with Crippen molar-refractivity contribution in [3.8, 4) is 0 Å². The van der Waals surface area contributed by atoms with Crippen LogP contribution in [-0.2, 0) is 0 Å². The van der Waals surface area contributed by atoms with Crippen molar-refractivity contribution < 1.29 is 0 Å². The molecule has 0 saturated carbocycles. The lowest BCUT2D eigenvalue weighted by atomic mass is 10.2. The van der Waals surface area contributed by atoms with Gasteiger partial charge in [-0.1, -0.05) is 50.5 Å². The molecule has 0 amide bonds. The van der Waals surface area contributed by atoms with Crippen molar-refractivity contribution in [2.45, 2.75) is 13.3 Å². The van der Waals surface area contributed by atoms with Crippen molar-refractivity contribution in [3.05, 3.63) is 49.1 Å². The van der Waals surface area contributed by atoms with Crippen LogP contribution >= 0.6 is 0 Å². The van der Waals surface area contributed by atoms with Gasteiger partial charge in [0.05, 0.1) is 0 Å². The fourth-order valence-electron chi connectivity index (χ4n) is 0.588. The van der Waals surface area contributed by atoms with E-state index in [0.717, 1.165) is 6.42 Å². The molecule has 0 saturated heterocycles. The summed E-state index contributed by atoms with van der Waals surface area (Å²) in [6.45, 7) is 9.36. The zero-order valence-electron chi connectivity index (χ0n) is 6.51. The first-order valence-corrected chi connectivity index (χ1v) is 3.45. The summed E-state index contributed by atoms with van der Waals surface area (Å²) in [6.07, 6.45) is 10.6. The van der Waals surface area contributed by atoms with Gasteiger partial charge in [-0.05, 0) is 12.0 Å². The Morgan fingerprint density at radius 1 is 1.30 bits per heavy atom. The van der Waals surface area contributed by atoms with Gasteiger partial charge in [0, 0.05) is 0 Å². The highest BCUT2D eigenvalue weighted by molar-refractivity contribution is 5.22. The van der Waals surface area contributed by atoms with Gasteiger partial charge in [0.1, 0.15) is 0 Å². The van der Waals surface area contributed by atoms with Gasteiger partial charge in [-0.3, -0.25) is 0 Å². The second-order valence-corrected chi connectivity index (χ2v) is 1.92. The molecule has 0 bridgehead atoms. The summed E-state index contributed by atoms with van der Waals surface area (Å²) in [7, 11) is 0. The van der Waals surface area contributed by atoms with Crippen LogP contribution in [0.15, 0.2) is 49.1 Å². The van der Waals surface area contributed by atoms with Crippen molar-refractivity contribution in [1.29, 1.82) is 0 Å². The molecular formula is C10H14. The maximum absolute atomic E-state index is 3.68. The molecule has 0 heterocycles. The summed E-state index contributed by atoms with van der Waals surface area (Å²) in [5.74, 6) is 0. The van der Waals surface area contributed by atoms with Gasteiger partial charge < -0.3 is 0 Å². The predicted octanol–water partition coefficient (Wildman–Crippen LogP) is 3.25. The molecule has 0 unspecified atom stereocenters. The minimum atomic E-state index is 1.03. The molecule has 0 radical (unpaired) electrons. The first-order valence-electron chi connectivity index (χ1n) is 3.45. The molecule has 0 fully saturated rings. The van der Waals surface area contributed by atoms with E-state index in [0.29, 0.717) is 0 Å². The quantitative estimate of drug-likeness (QED) is 0.518. The Hall–Kier alpha value is -1.04. The van der Waals surface area contributed by atoms with E-state index in [1.807, 2.05) is 24.3 Å². The number of hydrogen-bond donors (Lipinski definition) is 0. The lowest BCUT2D eigenvalue weighted by molar-refractivity contribution is 1.15. The van der Waals surface area contributed by atoms with Crippen LogP contribution in [0.25, 0.3) is 0 Å². The molecule has 0 aliphatic heterocycles. The van der Waals surface area contributed by atoms with Crippen LogP contribution in [0.5, 0.6) is 0 Å². The summed E-state index contributed by atoms with van der Waals surface area (Å²) in [4.78, 5) is 0. The van der Waals surface area contributed by atoms with Gasteiger partial charge >= 0.3 is 0 Å². The van der Waals surface area contributed by atoms with Crippen molar-refractivity contribution in [2.24, 2.45) is 0 Å². The number of hydrogen-bond acceptors (Lipinski definition) is 0. The van der Waals surface area contributed by atoms with E-state index in [-0.39, 0.29) is 0 Å². The first-order chi connectivity index (χ1) is 4.85. The molecule has 10 heavy (non-hydrogen) atoms. The number of allylic oxidation sites excluding steroid dienone is 6. The SMILES string of the molecule is C=C/C=C\C=C(\C=C)CC. The molecule has 0 nitrogen and oxygen atoms in total. The van der Waals surface area contributed by atoms with Crippen molar-refractivity contribution in [2.75, 3.05) is 0 Å². The van der Waals surface area contributed by atoms with Gasteiger partial charge in [0.15, 0.2) is 0 Å². The Bertz CT molecular complexity index is 159. The van der Waals surface area contributed by atoms with Gasteiger partial charge in [-0.25, -0.2) is 0 Å². The molecule has 0 atom stereocenters. The van der Waals surface area contributed by atoms with E-state index in [9.17, 15) is 0 Å². The van der Waals surface area contributed by atoms with Gasteiger partial charge in [0.2, 0.25) is 0 Å². The molecule has 0 aromatic heterocycles. The van der Waals surface area contributed by atoms with Gasteiger partial charge in [-0.2, -0.15) is 0 Å². The van der Waals surface area contributed by atoms with E-state index < -0.39 is 0 Å². The van der Waals surface area contributed by atoms with E-state index in [1.165, 1.54) is 5.57 Å². The van der Waals surface area contributed by atoms with Gasteiger partial charge in [0.25, 0.3) is 0 Å². The van der Waals surface area contributed by atoms with Crippen LogP contribution in [0.4, 0.5) is 0 Å². The molecule has 0 heteroatoms. The Labute approximate surface area is 63.3 Å². The highest BCUT2D eigenvalue weighted by Crippen LogP contribution is 2.00. The van der Waals surface area contributed by atoms with Crippen molar-refractivity contribution in [3.63, 3.8) is 0 Å². The predicted molar refractivity (Wildman–Crippen MR) is 47.9 cm³/mol.